The van der Waals surface area contributed by atoms with E-state index in [9.17, 15) is 0 Å². The maximum atomic E-state index is 6.07. The van der Waals surface area contributed by atoms with Crippen LogP contribution < -0.4 is 5.73 Å². The Bertz CT molecular complexity index is 574. The highest BCUT2D eigenvalue weighted by atomic mass is 35.5. The molecular formula is C16H15ClN2. The third kappa shape index (κ3) is 4.60. The second-order valence-corrected chi connectivity index (χ2v) is 4.53. The Labute approximate surface area is 118 Å². The Morgan fingerprint density at radius 3 is 2.21 bits per heavy atom. The van der Waals surface area contributed by atoms with Gasteiger partial charge >= 0.3 is 0 Å². The van der Waals surface area contributed by atoms with E-state index in [1.807, 2.05) is 60.7 Å². The van der Waals surface area contributed by atoms with Crippen LogP contribution in [0.15, 0.2) is 70.8 Å². The second-order valence-electron chi connectivity index (χ2n) is 4.14. The van der Waals surface area contributed by atoms with Gasteiger partial charge in [-0.25, -0.2) is 4.99 Å². The molecule has 2 aromatic rings. The molecule has 0 saturated heterocycles. The van der Waals surface area contributed by atoms with E-state index in [0.29, 0.717) is 17.4 Å². The molecule has 0 atom stereocenters. The first-order valence-electron chi connectivity index (χ1n) is 6.03. The van der Waals surface area contributed by atoms with Gasteiger partial charge in [-0.2, -0.15) is 0 Å². The Kier molecular flexibility index (Phi) is 4.76. The third-order valence-corrected chi connectivity index (χ3v) is 2.76. The number of nitrogens with two attached hydrogens (primary N) is 1. The highest BCUT2D eigenvalue weighted by Gasteiger charge is 1.97. The molecule has 0 aliphatic carbocycles. The van der Waals surface area contributed by atoms with E-state index in [1.165, 1.54) is 0 Å². The standard InChI is InChI=1S/C16H15ClN2/c17-15(11-13-7-3-1-4-8-13)19-16(18)12-14-9-5-2-6-10-14/h1-11H,12H2,(H2,18,19)/b15-11+. The molecule has 0 aliphatic rings. The second kappa shape index (κ2) is 6.76. The summed E-state index contributed by atoms with van der Waals surface area (Å²) in [6.45, 7) is 0. The van der Waals surface area contributed by atoms with Crippen molar-refractivity contribution in [3.8, 4) is 0 Å². The van der Waals surface area contributed by atoms with Gasteiger partial charge in [-0.05, 0) is 17.2 Å². The molecule has 0 spiro atoms. The molecule has 0 unspecified atom stereocenters. The van der Waals surface area contributed by atoms with Crippen LogP contribution in [0.4, 0.5) is 0 Å². The normalized spacial score (nSPS) is 12.5. The van der Waals surface area contributed by atoms with Crippen LogP contribution in [-0.4, -0.2) is 5.84 Å². The highest BCUT2D eigenvalue weighted by Crippen LogP contribution is 2.11. The van der Waals surface area contributed by atoms with Crippen molar-refractivity contribution in [1.82, 2.24) is 0 Å². The summed E-state index contributed by atoms with van der Waals surface area (Å²) in [5, 5.41) is 0.389. The zero-order valence-electron chi connectivity index (χ0n) is 10.5. The first kappa shape index (κ1) is 13.4. The van der Waals surface area contributed by atoms with Gasteiger partial charge in [0.25, 0.3) is 0 Å². The lowest BCUT2D eigenvalue weighted by molar-refractivity contribution is 1.27. The van der Waals surface area contributed by atoms with Crippen LogP contribution in [0.25, 0.3) is 6.08 Å². The van der Waals surface area contributed by atoms with E-state index >= 15 is 0 Å². The summed E-state index contributed by atoms with van der Waals surface area (Å²) in [5.74, 6) is 0.503. The smallest absolute Gasteiger partial charge is 0.131 e. The third-order valence-electron chi connectivity index (χ3n) is 2.56. The average Bonchev–Trinajstić information content (AvgIpc) is 2.40. The van der Waals surface area contributed by atoms with Crippen molar-refractivity contribution in [3.63, 3.8) is 0 Å². The van der Waals surface area contributed by atoms with Crippen molar-refractivity contribution in [2.75, 3.05) is 0 Å². The molecule has 2 rings (SSSR count). The van der Waals surface area contributed by atoms with Gasteiger partial charge in [-0.15, -0.1) is 0 Å². The predicted octanol–water partition coefficient (Wildman–Crippen LogP) is 3.82. The molecule has 3 heteroatoms. The topological polar surface area (TPSA) is 38.4 Å². The Balaban J connectivity index is 2.06. The largest absolute Gasteiger partial charge is 0.387 e. The Morgan fingerprint density at radius 1 is 1.00 bits per heavy atom. The lowest BCUT2D eigenvalue weighted by Gasteiger charge is -2.01. The maximum Gasteiger partial charge on any atom is 0.131 e. The van der Waals surface area contributed by atoms with Crippen LogP contribution in [0.1, 0.15) is 11.1 Å². The van der Waals surface area contributed by atoms with Crippen molar-refractivity contribution >= 4 is 23.5 Å². The van der Waals surface area contributed by atoms with Crippen LogP contribution in [0.2, 0.25) is 0 Å². The molecule has 96 valence electrons. The quantitative estimate of drug-likeness (QED) is 0.512. The maximum absolute atomic E-state index is 6.07. The summed E-state index contributed by atoms with van der Waals surface area (Å²) in [6, 6.07) is 19.7. The van der Waals surface area contributed by atoms with Gasteiger partial charge in [-0.3, -0.25) is 0 Å². The summed E-state index contributed by atoms with van der Waals surface area (Å²) in [5.41, 5.74) is 8.01. The van der Waals surface area contributed by atoms with E-state index in [4.69, 9.17) is 17.3 Å². The zero-order valence-corrected chi connectivity index (χ0v) is 11.2. The molecule has 0 aliphatic heterocycles. The Hall–Kier alpha value is -2.06. The van der Waals surface area contributed by atoms with Crippen LogP contribution >= 0.6 is 11.6 Å². The fourth-order valence-electron chi connectivity index (χ4n) is 1.70. The monoisotopic (exact) mass is 270 g/mol. The van der Waals surface area contributed by atoms with E-state index in [1.54, 1.807) is 6.08 Å². The molecule has 0 saturated carbocycles. The molecule has 0 aromatic heterocycles. The van der Waals surface area contributed by atoms with Gasteiger partial charge in [0, 0.05) is 6.42 Å². The van der Waals surface area contributed by atoms with Gasteiger partial charge in [0.1, 0.15) is 11.0 Å². The summed E-state index contributed by atoms with van der Waals surface area (Å²) >= 11 is 6.07. The minimum atomic E-state index is 0.389. The molecule has 19 heavy (non-hydrogen) atoms. The van der Waals surface area contributed by atoms with Gasteiger partial charge in [0.2, 0.25) is 0 Å². The summed E-state index contributed by atoms with van der Waals surface area (Å²) in [6.07, 6.45) is 2.39. The van der Waals surface area contributed by atoms with Crippen LogP contribution in [-0.2, 0) is 6.42 Å². The number of rotatable bonds is 4. The molecule has 0 heterocycles. The highest BCUT2D eigenvalue weighted by molar-refractivity contribution is 6.31. The van der Waals surface area contributed by atoms with Crippen molar-refractivity contribution in [2.45, 2.75) is 6.42 Å². The molecule has 0 amide bonds. The van der Waals surface area contributed by atoms with Crippen molar-refractivity contribution in [1.29, 1.82) is 0 Å². The average molecular weight is 271 g/mol. The molecular weight excluding hydrogens is 256 g/mol. The molecule has 0 radical (unpaired) electrons. The van der Waals surface area contributed by atoms with Crippen LogP contribution in [0.3, 0.4) is 0 Å². The summed E-state index contributed by atoms with van der Waals surface area (Å²) in [4.78, 5) is 4.19. The lowest BCUT2D eigenvalue weighted by Crippen LogP contribution is -2.14. The van der Waals surface area contributed by atoms with E-state index in [0.717, 1.165) is 11.1 Å². The molecule has 2 aromatic carbocycles. The van der Waals surface area contributed by atoms with Crippen molar-refractivity contribution in [2.24, 2.45) is 10.7 Å². The first-order valence-corrected chi connectivity index (χ1v) is 6.41. The van der Waals surface area contributed by atoms with Crippen molar-refractivity contribution < 1.29 is 0 Å². The number of amidine groups is 1. The Morgan fingerprint density at radius 2 is 1.58 bits per heavy atom. The predicted molar refractivity (Wildman–Crippen MR) is 82.0 cm³/mol. The number of aliphatic imine (C=N–C) groups is 1. The fourth-order valence-corrected chi connectivity index (χ4v) is 1.94. The summed E-state index contributed by atoms with van der Waals surface area (Å²) in [7, 11) is 0. The minimum Gasteiger partial charge on any atom is -0.387 e. The molecule has 2 nitrogen and oxygen atoms in total. The number of halogens is 1. The number of hydrogen-bond donors (Lipinski definition) is 1. The van der Waals surface area contributed by atoms with E-state index in [-0.39, 0.29) is 0 Å². The van der Waals surface area contributed by atoms with E-state index < -0.39 is 0 Å². The molecule has 0 fully saturated rings. The first-order chi connectivity index (χ1) is 9.24. The minimum absolute atomic E-state index is 0.389. The zero-order chi connectivity index (χ0) is 13.5. The van der Waals surface area contributed by atoms with Crippen LogP contribution in [0, 0.1) is 0 Å². The molecule has 0 bridgehead atoms. The van der Waals surface area contributed by atoms with Gasteiger partial charge < -0.3 is 5.73 Å². The number of benzene rings is 2. The number of nitrogens with zero attached hydrogens (tertiary/aromatic N) is 1. The number of hydrogen-bond acceptors (Lipinski definition) is 1. The van der Waals surface area contributed by atoms with Crippen molar-refractivity contribution in [3.05, 3.63) is 76.9 Å². The van der Waals surface area contributed by atoms with Crippen LogP contribution in [0.5, 0.6) is 0 Å². The van der Waals surface area contributed by atoms with E-state index in [2.05, 4.69) is 4.99 Å². The SMILES string of the molecule is N/C(Cc1ccccc1)=N/C(Cl)=C/c1ccccc1. The summed E-state index contributed by atoms with van der Waals surface area (Å²) < 4.78 is 0. The van der Waals surface area contributed by atoms with Gasteiger partial charge in [-0.1, -0.05) is 72.3 Å². The van der Waals surface area contributed by atoms with Gasteiger partial charge in [0.05, 0.1) is 0 Å². The fraction of sp³-hybridized carbons (Fsp3) is 0.0625. The lowest BCUT2D eigenvalue weighted by atomic mass is 10.1. The van der Waals surface area contributed by atoms with Gasteiger partial charge in [0.15, 0.2) is 0 Å². The molecule has 2 N–H and O–H groups in total.